The van der Waals surface area contributed by atoms with Gasteiger partial charge < -0.3 is 4.74 Å². The highest BCUT2D eigenvalue weighted by molar-refractivity contribution is 5.95. The maximum Gasteiger partial charge on any atom is 0.216 e. The van der Waals surface area contributed by atoms with E-state index in [-0.39, 0.29) is 12.2 Å². The molecule has 0 amide bonds. The summed E-state index contributed by atoms with van der Waals surface area (Å²) < 4.78 is 6.93. The van der Waals surface area contributed by atoms with E-state index < -0.39 is 0 Å². The molecule has 0 atom stereocenters. The third-order valence-corrected chi connectivity index (χ3v) is 3.46. The van der Waals surface area contributed by atoms with Crippen molar-refractivity contribution in [3.05, 3.63) is 36.0 Å². The van der Waals surface area contributed by atoms with Gasteiger partial charge in [-0.1, -0.05) is 13.8 Å². The molecule has 112 valence electrons. The van der Waals surface area contributed by atoms with Gasteiger partial charge in [0.25, 0.3) is 0 Å². The molecule has 0 aromatic carbocycles. The fourth-order valence-electron chi connectivity index (χ4n) is 2.20. The minimum absolute atomic E-state index is 0.0921. The topological polar surface area (TPSA) is 69.9 Å². The van der Waals surface area contributed by atoms with Crippen LogP contribution in [0.2, 0.25) is 0 Å². The predicted molar refractivity (Wildman–Crippen MR) is 78.5 cm³/mol. The normalized spacial score (nSPS) is 10.9. The molecule has 21 heavy (non-hydrogen) atoms. The van der Waals surface area contributed by atoms with E-state index in [1.165, 1.54) is 13.4 Å². The lowest BCUT2D eigenvalue weighted by Gasteiger charge is -2.12. The van der Waals surface area contributed by atoms with Gasteiger partial charge >= 0.3 is 0 Å². The summed E-state index contributed by atoms with van der Waals surface area (Å²) in [5, 5.41) is 4.48. The third kappa shape index (κ3) is 3.65. The van der Waals surface area contributed by atoms with Crippen LogP contribution in [-0.2, 0) is 6.42 Å². The highest BCUT2D eigenvalue weighted by Crippen LogP contribution is 2.15. The number of carbonyl (C=O) groups excluding carboxylic acids is 1. The fourth-order valence-corrected chi connectivity index (χ4v) is 2.20. The lowest BCUT2D eigenvalue weighted by molar-refractivity contribution is 0.0986. The first-order valence-electron chi connectivity index (χ1n) is 7.11. The van der Waals surface area contributed by atoms with Crippen LogP contribution in [0.4, 0.5) is 0 Å². The molecule has 0 saturated carbocycles. The van der Waals surface area contributed by atoms with Crippen LogP contribution in [0, 0.1) is 0 Å². The summed E-state index contributed by atoms with van der Waals surface area (Å²) in [6.45, 7) is 4.27. The van der Waals surface area contributed by atoms with Crippen molar-refractivity contribution in [1.82, 2.24) is 19.7 Å². The standard InChI is InChI=1S/C15H20N4O2/c1-4-12(5-2)19-7-6-11(18-19)8-14(20)13-9-15(21-3)17-10-16-13/h6-7,9-10,12H,4-5,8H2,1-3H3. The Bertz CT molecular complexity index is 605. The van der Waals surface area contributed by atoms with Gasteiger partial charge in [0.05, 0.1) is 25.3 Å². The Hall–Kier alpha value is -2.24. The fraction of sp³-hybridized carbons (Fsp3) is 0.467. The van der Waals surface area contributed by atoms with E-state index in [1.54, 1.807) is 6.07 Å². The second-order valence-corrected chi connectivity index (χ2v) is 4.80. The van der Waals surface area contributed by atoms with Gasteiger partial charge in [-0.2, -0.15) is 5.10 Å². The van der Waals surface area contributed by atoms with Crippen molar-refractivity contribution >= 4 is 5.78 Å². The third-order valence-electron chi connectivity index (χ3n) is 3.46. The average molecular weight is 288 g/mol. The van der Waals surface area contributed by atoms with E-state index in [0.717, 1.165) is 18.5 Å². The molecule has 0 bridgehead atoms. The van der Waals surface area contributed by atoms with Crippen LogP contribution in [0.15, 0.2) is 24.7 Å². The first-order valence-corrected chi connectivity index (χ1v) is 7.11. The summed E-state index contributed by atoms with van der Waals surface area (Å²) in [5.41, 5.74) is 1.10. The van der Waals surface area contributed by atoms with Crippen molar-refractivity contribution in [3.63, 3.8) is 0 Å². The molecular weight excluding hydrogens is 268 g/mol. The zero-order valence-corrected chi connectivity index (χ0v) is 12.6. The molecule has 0 N–H and O–H groups in total. The van der Waals surface area contributed by atoms with Crippen molar-refractivity contribution in [2.24, 2.45) is 0 Å². The molecule has 2 aromatic rings. The van der Waals surface area contributed by atoms with E-state index in [4.69, 9.17) is 4.74 Å². The number of Topliss-reactive ketones (excluding diaryl/α,β-unsaturated/α-hetero) is 1. The molecule has 0 saturated heterocycles. The summed E-state index contributed by atoms with van der Waals surface area (Å²) in [6.07, 6.45) is 5.53. The van der Waals surface area contributed by atoms with Crippen LogP contribution in [0.1, 0.15) is 48.9 Å². The summed E-state index contributed by atoms with van der Waals surface area (Å²) in [4.78, 5) is 20.1. The molecule has 2 rings (SSSR count). The number of nitrogens with zero attached hydrogens (tertiary/aromatic N) is 4. The lowest BCUT2D eigenvalue weighted by Crippen LogP contribution is -2.10. The van der Waals surface area contributed by atoms with Crippen LogP contribution in [-0.4, -0.2) is 32.6 Å². The van der Waals surface area contributed by atoms with Crippen LogP contribution < -0.4 is 4.74 Å². The average Bonchev–Trinajstić information content (AvgIpc) is 2.97. The number of ether oxygens (including phenoxy) is 1. The second-order valence-electron chi connectivity index (χ2n) is 4.80. The molecule has 6 heteroatoms. The monoisotopic (exact) mass is 288 g/mol. The Morgan fingerprint density at radius 1 is 1.33 bits per heavy atom. The summed E-state index contributed by atoms with van der Waals surface area (Å²) >= 11 is 0. The first kappa shape index (κ1) is 15.2. The maximum atomic E-state index is 12.2. The summed E-state index contributed by atoms with van der Waals surface area (Å²) in [5.74, 6) is 0.293. The van der Waals surface area contributed by atoms with Crippen molar-refractivity contribution in [2.45, 2.75) is 39.2 Å². The number of ketones is 1. The van der Waals surface area contributed by atoms with Crippen molar-refractivity contribution in [2.75, 3.05) is 7.11 Å². The SMILES string of the molecule is CCC(CC)n1ccc(CC(=O)c2cc(OC)ncn2)n1. The number of rotatable bonds is 7. The Morgan fingerprint density at radius 2 is 2.10 bits per heavy atom. The number of hydrogen-bond acceptors (Lipinski definition) is 5. The largest absolute Gasteiger partial charge is 0.481 e. The van der Waals surface area contributed by atoms with E-state index >= 15 is 0 Å². The van der Waals surface area contributed by atoms with Crippen LogP contribution >= 0.6 is 0 Å². The van der Waals surface area contributed by atoms with E-state index in [0.29, 0.717) is 17.6 Å². The van der Waals surface area contributed by atoms with Gasteiger partial charge in [-0.05, 0) is 18.9 Å². The highest BCUT2D eigenvalue weighted by Gasteiger charge is 2.14. The van der Waals surface area contributed by atoms with Gasteiger partial charge in [-0.15, -0.1) is 0 Å². The molecule has 0 spiro atoms. The Morgan fingerprint density at radius 3 is 2.76 bits per heavy atom. The minimum atomic E-state index is -0.0921. The molecule has 0 radical (unpaired) electrons. The van der Waals surface area contributed by atoms with Crippen molar-refractivity contribution in [3.8, 4) is 5.88 Å². The Labute approximate surface area is 124 Å². The van der Waals surface area contributed by atoms with Gasteiger partial charge in [0.1, 0.15) is 12.0 Å². The van der Waals surface area contributed by atoms with Gasteiger partial charge in [-0.25, -0.2) is 9.97 Å². The molecule has 6 nitrogen and oxygen atoms in total. The van der Waals surface area contributed by atoms with E-state index in [9.17, 15) is 4.79 Å². The molecular formula is C15H20N4O2. The quantitative estimate of drug-likeness (QED) is 0.732. The number of methoxy groups -OCH3 is 1. The first-order chi connectivity index (χ1) is 10.2. The molecule has 0 aliphatic heterocycles. The minimum Gasteiger partial charge on any atom is -0.481 e. The summed E-state index contributed by atoms with van der Waals surface area (Å²) in [7, 11) is 1.51. The molecule has 0 unspecified atom stereocenters. The number of aromatic nitrogens is 4. The second kappa shape index (κ2) is 6.97. The van der Waals surface area contributed by atoms with Crippen LogP contribution in [0.25, 0.3) is 0 Å². The predicted octanol–water partition coefficient (Wildman–Crippen LogP) is 2.47. The molecule has 2 aromatic heterocycles. The van der Waals surface area contributed by atoms with Crippen LogP contribution in [0.5, 0.6) is 5.88 Å². The van der Waals surface area contributed by atoms with Gasteiger partial charge in [0, 0.05) is 12.3 Å². The van der Waals surface area contributed by atoms with Gasteiger partial charge in [0.15, 0.2) is 5.78 Å². The Kier molecular flexibility index (Phi) is 5.03. The molecule has 0 fully saturated rings. The number of carbonyl (C=O) groups is 1. The highest BCUT2D eigenvalue weighted by atomic mass is 16.5. The maximum absolute atomic E-state index is 12.2. The lowest BCUT2D eigenvalue weighted by atomic mass is 10.1. The van der Waals surface area contributed by atoms with Gasteiger partial charge in [0.2, 0.25) is 5.88 Å². The summed E-state index contributed by atoms with van der Waals surface area (Å²) in [6, 6.07) is 3.81. The van der Waals surface area contributed by atoms with Crippen molar-refractivity contribution in [1.29, 1.82) is 0 Å². The molecule has 2 heterocycles. The Balaban J connectivity index is 2.09. The van der Waals surface area contributed by atoms with E-state index in [2.05, 4.69) is 28.9 Å². The molecule has 0 aliphatic rings. The number of hydrogen-bond donors (Lipinski definition) is 0. The van der Waals surface area contributed by atoms with Crippen LogP contribution in [0.3, 0.4) is 0 Å². The zero-order chi connectivity index (χ0) is 15.2. The van der Waals surface area contributed by atoms with Crippen molar-refractivity contribution < 1.29 is 9.53 Å². The van der Waals surface area contributed by atoms with E-state index in [1.807, 2.05) is 16.9 Å². The smallest absolute Gasteiger partial charge is 0.216 e. The van der Waals surface area contributed by atoms with Gasteiger partial charge in [-0.3, -0.25) is 9.48 Å². The molecule has 0 aliphatic carbocycles. The zero-order valence-electron chi connectivity index (χ0n) is 12.6.